The molecule has 1 aromatic carbocycles. The number of alkyl halides is 2. The summed E-state index contributed by atoms with van der Waals surface area (Å²) in [7, 11) is 0. The smallest absolute Gasteiger partial charge is 0.387 e. The molecule has 0 unspecified atom stereocenters. The van der Waals surface area contributed by atoms with E-state index in [1.807, 2.05) is 0 Å². The highest BCUT2D eigenvalue weighted by atomic mass is 79.9. The van der Waals surface area contributed by atoms with E-state index in [1.54, 1.807) is 0 Å². The lowest BCUT2D eigenvalue weighted by molar-refractivity contribution is -0.136. The first-order valence-electron chi connectivity index (χ1n) is 4.04. The molecule has 1 rings (SSSR count). The standard InChI is InChI=1S/C9H6BrClF2O3/c10-8-4(2-7(14)15)1-5(3-6(8)11)16-9(12)13/h1,3,9H,2H2,(H,14,15). The summed E-state index contributed by atoms with van der Waals surface area (Å²) in [6.45, 7) is -2.98. The Bertz CT molecular complexity index is 412. The van der Waals surface area contributed by atoms with Crippen molar-refractivity contribution in [1.82, 2.24) is 0 Å². The average molecular weight is 315 g/mol. The van der Waals surface area contributed by atoms with Gasteiger partial charge in [-0.3, -0.25) is 4.79 Å². The molecular formula is C9H6BrClF2O3. The molecule has 7 heteroatoms. The molecule has 0 aliphatic carbocycles. The predicted octanol–water partition coefficient (Wildman–Crippen LogP) is 3.33. The quantitative estimate of drug-likeness (QED) is 0.927. The highest BCUT2D eigenvalue weighted by Crippen LogP contribution is 2.32. The van der Waals surface area contributed by atoms with Crippen LogP contribution in [0.2, 0.25) is 5.02 Å². The van der Waals surface area contributed by atoms with Gasteiger partial charge in [0.15, 0.2) is 0 Å². The third-order valence-electron chi connectivity index (χ3n) is 1.64. The number of halogens is 4. The van der Waals surface area contributed by atoms with Crippen LogP contribution in [0.3, 0.4) is 0 Å². The third kappa shape index (κ3) is 3.61. The van der Waals surface area contributed by atoms with Gasteiger partial charge in [-0.2, -0.15) is 8.78 Å². The van der Waals surface area contributed by atoms with Crippen LogP contribution < -0.4 is 4.74 Å². The summed E-state index contributed by atoms with van der Waals surface area (Å²) in [5, 5.41) is 8.72. The van der Waals surface area contributed by atoms with Crippen LogP contribution in [0.4, 0.5) is 8.78 Å². The Labute approximate surface area is 103 Å². The highest BCUT2D eigenvalue weighted by molar-refractivity contribution is 9.10. The lowest BCUT2D eigenvalue weighted by Crippen LogP contribution is -2.05. The second-order valence-electron chi connectivity index (χ2n) is 2.83. The van der Waals surface area contributed by atoms with E-state index < -0.39 is 12.6 Å². The van der Waals surface area contributed by atoms with Crippen LogP contribution in [0.5, 0.6) is 5.75 Å². The van der Waals surface area contributed by atoms with Crippen molar-refractivity contribution >= 4 is 33.5 Å². The number of carbonyl (C=O) groups is 1. The van der Waals surface area contributed by atoms with Gasteiger partial charge < -0.3 is 9.84 Å². The maximum absolute atomic E-state index is 12.0. The lowest BCUT2D eigenvalue weighted by Gasteiger charge is -2.09. The SMILES string of the molecule is O=C(O)Cc1cc(OC(F)F)cc(Cl)c1Br. The first-order valence-corrected chi connectivity index (χ1v) is 5.21. The summed E-state index contributed by atoms with van der Waals surface area (Å²) >= 11 is 8.79. The van der Waals surface area contributed by atoms with Gasteiger partial charge >= 0.3 is 12.6 Å². The van der Waals surface area contributed by atoms with Crippen molar-refractivity contribution < 1.29 is 23.4 Å². The minimum absolute atomic E-state index is 0.120. The van der Waals surface area contributed by atoms with Crippen LogP contribution in [0.15, 0.2) is 16.6 Å². The summed E-state index contributed by atoms with van der Waals surface area (Å²) in [4.78, 5) is 10.5. The van der Waals surface area contributed by atoms with E-state index >= 15 is 0 Å². The van der Waals surface area contributed by atoms with Gasteiger partial charge in [0.2, 0.25) is 0 Å². The van der Waals surface area contributed by atoms with Crippen LogP contribution >= 0.6 is 27.5 Å². The number of benzene rings is 1. The fraction of sp³-hybridized carbons (Fsp3) is 0.222. The van der Waals surface area contributed by atoms with Crippen molar-refractivity contribution in [3.8, 4) is 5.75 Å². The fourth-order valence-electron chi connectivity index (χ4n) is 1.08. The molecule has 0 fully saturated rings. The molecule has 1 N–H and O–H groups in total. The van der Waals surface area contributed by atoms with Crippen LogP contribution in [0.25, 0.3) is 0 Å². The van der Waals surface area contributed by atoms with Crippen LogP contribution in [0, 0.1) is 0 Å². The molecule has 0 saturated heterocycles. The van der Waals surface area contributed by atoms with Gasteiger partial charge in [0, 0.05) is 10.5 Å². The molecule has 0 radical (unpaired) electrons. The van der Waals surface area contributed by atoms with E-state index in [-0.39, 0.29) is 22.8 Å². The Morgan fingerprint density at radius 2 is 2.19 bits per heavy atom. The molecule has 0 atom stereocenters. The Hall–Kier alpha value is -0.880. The molecule has 0 amide bonds. The van der Waals surface area contributed by atoms with Gasteiger partial charge in [-0.05, 0) is 27.6 Å². The summed E-state index contributed by atoms with van der Waals surface area (Å²) < 4.78 is 28.4. The summed E-state index contributed by atoms with van der Waals surface area (Å²) in [5.41, 5.74) is 0.274. The normalized spacial score (nSPS) is 10.6. The Kier molecular flexibility index (Phi) is 4.49. The molecule has 16 heavy (non-hydrogen) atoms. The van der Waals surface area contributed by atoms with Gasteiger partial charge in [0.25, 0.3) is 0 Å². The first kappa shape index (κ1) is 13.2. The maximum atomic E-state index is 12.0. The first-order chi connectivity index (χ1) is 7.40. The highest BCUT2D eigenvalue weighted by Gasteiger charge is 2.13. The predicted molar refractivity (Wildman–Crippen MR) is 57.1 cm³/mol. The average Bonchev–Trinajstić information content (AvgIpc) is 2.11. The van der Waals surface area contributed by atoms with E-state index in [0.29, 0.717) is 4.47 Å². The minimum atomic E-state index is -2.98. The number of hydrogen-bond donors (Lipinski definition) is 1. The van der Waals surface area contributed by atoms with E-state index in [1.165, 1.54) is 12.1 Å². The number of aliphatic carboxylic acids is 1. The van der Waals surface area contributed by atoms with Crippen molar-refractivity contribution in [3.63, 3.8) is 0 Å². The molecule has 0 saturated carbocycles. The molecule has 0 bridgehead atoms. The van der Waals surface area contributed by atoms with Crippen molar-refractivity contribution in [2.24, 2.45) is 0 Å². The minimum Gasteiger partial charge on any atom is -0.481 e. The summed E-state index contributed by atoms with van der Waals surface area (Å²) in [5.74, 6) is -1.26. The summed E-state index contributed by atoms with van der Waals surface area (Å²) in [6.07, 6.45) is -0.333. The lowest BCUT2D eigenvalue weighted by atomic mass is 10.1. The van der Waals surface area contributed by atoms with Gasteiger partial charge in [-0.15, -0.1) is 0 Å². The zero-order chi connectivity index (χ0) is 12.3. The number of ether oxygens (including phenoxy) is 1. The largest absolute Gasteiger partial charge is 0.481 e. The van der Waals surface area contributed by atoms with E-state index in [4.69, 9.17) is 16.7 Å². The number of rotatable bonds is 4. The Morgan fingerprint density at radius 1 is 1.56 bits per heavy atom. The molecule has 0 heterocycles. The van der Waals surface area contributed by atoms with Crippen LogP contribution in [-0.4, -0.2) is 17.7 Å². The molecule has 0 spiro atoms. The number of carboxylic acid groups (broad SMARTS) is 1. The molecular weight excluding hydrogens is 309 g/mol. The molecule has 0 aromatic heterocycles. The van der Waals surface area contributed by atoms with E-state index in [2.05, 4.69) is 20.7 Å². The fourth-order valence-corrected chi connectivity index (χ4v) is 1.68. The van der Waals surface area contributed by atoms with Gasteiger partial charge in [0.1, 0.15) is 5.75 Å². The topological polar surface area (TPSA) is 46.5 Å². The van der Waals surface area contributed by atoms with Crippen molar-refractivity contribution in [1.29, 1.82) is 0 Å². The molecule has 1 aromatic rings. The number of carboxylic acids is 1. The number of hydrogen-bond acceptors (Lipinski definition) is 2. The monoisotopic (exact) mass is 314 g/mol. The van der Waals surface area contributed by atoms with Crippen LogP contribution in [-0.2, 0) is 11.2 Å². The Morgan fingerprint density at radius 3 is 2.69 bits per heavy atom. The van der Waals surface area contributed by atoms with E-state index in [0.717, 1.165) is 0 Å². The van der Waals surface area contributed by atoms with Crippen molar-refractivity contribution in [2.75, 3.05) is 0 Å². The molecule has 0 aliphatic heterocycles. The second kappa shape index (κ2) is 5.45. The third-order valence-corrected chi connectivity index (χ3v) is 3.11. The Balaban J connectivity index is 3.06. The van der Waals surface area contributed by atoms with Gasteiger partial charge in [-0.1, -0.05) is 11.6 Å². The second-order valence-corrected chi connectivity index (χ2v) is 4.03. The van der Waals surface area contributed by atoms with E-state index in [9.17, 15) is 13.6 Å². The molecule has 88 valence electrons. The van der Waals surface area contributed by atoms with Crippen molar-refractivity contribution in [2.45, 2.75) is 13.0 Å². The van der Waals surface area contributed by atoms with Crippen molar-refractivity contribution in [3.05, 3.63) is 27.2 Å². The summed E-state index contributed by atoms with van der Waals surface area (Å²) in [6, 6.07) is 2.39. The van der Waals surface area contributed by atoms with Gasteiger partial charge in [-0.25, -0.2) is 0 Å². The zero-order valence-electron chi connectivity index (χ0n) is 7.71. The zero-order valence-corrected chi connectivity index (χ0v) is 10.1. The molecule has 0 aliphatic rings. The van der Waals surface area contributed by atoms with Crippen LogP contribution in [0.1, 0.15) is 5.56 Å². The molecule has 3 nitrogen and oxygen atoms in total. The van der Waals surface area contributed by atoms with Gasteiger partial charge in [0.05, 0.1) is 11.4 Å². The maximum Gasteiger partial charge on any atom is 0.387 e.